The third-order valence-electron chi connectivity index (χ3n) is 6.14. The van der Waals surface area contributed by atoms with Gasteiger partial charge in [-0.1, -0.05) is 45.4 Å². The zero-order valence-electron chi connectivity index (χ0n) is 17.4. The lowest BCUT2D eigenvalue weighted by molar-refractivity contribution is -0.200. The molecule has 8 nitrogen and oxygen atoms in total. The number of hydrogen-bond donors (Lipinski definition) is 3. The number of carbonyl (C=O) groups is 2. The van der Waals surface area contributed by atoms with Crippen LogP contribution in [0.2, 0.25) is 0 Å². The van der Waals surface area contributed by atoms with Crippen LogP contribution in [0.5, 0.6) is 0 Å². The SMILES string of the molecule is CCCCn1c2c(c(=O)[nH]c1=O)[C@](NC(=O)CCC1CCCCC1)(C(F)(F)F)C(=O)N2. The summed E-state index contributed by atoms with van der Waals surface area (Å²) in [7, 11) is 0. The van der Waals surface area contributed by atoms with Crippen molar-refractivity contribution in [1.29, 1.82) is 0 Å². The molecule has 1 aromatic rings. The summed E-state index contributed by atoms with van der Waals surface area (Å²) >= 11 is 0. The van der Waals surface area contributed by atoms with E-state index in [0.29, 0.717) is 19.3 Å². The first-order chi connectivity index (χ1) is 14.6. The van der Waals surface area contributed by atoms with Crippen molar-refractivity contribution < 1.29 is 22.8 Å². The van der Waals surface area contributed by atoms with Crippen molar-refractivity contribution in [3.8, 4) is 0 Å². The van der Waals surface area contributed by atoms with E-state index in [-0.39, 0.29) is 18.9 Å². The lowest BCUT2D eigenvalue weighted by atomic mass is 9.85. The minimum absolute atomic E-state index is 0.0122. The van der Waals surface area contributed by atoms with Crippen molar-refractivity contribution in [2.75, 3.05) is 5.32 Å². The van der Waals surface area contributed by atoms with Gasteiger partial charge in [0.25, 0.3) is 11.5 Å². The number of halogens is 3. The Balaban J connectivity index is 1.97. The van der Waals surface area contributed by atoms with Crippen molar-refractivity contribution in [2.45, 2.75) is 83.0 Å². The fourth-order valence-corrected chi connectivity index (χ4v) is 4.44. The smallest absolute Gasteiger partial charge is 0.330 e. The van der Waals surface area contributed by atoms with Gasteiger partial charge >= 0.3 is 11.9 Å². The van der Waals surface area contributed by atoms with E-state index in [9.17, 15) is 32.3 Å². The molecule has 0 aromatic carbocycles. The Kier molecular flexibility index (Phi) is 6.61. The van der Waals surface area contributed by atoms with E-state index < -0.39 is 46.2 Å². The Bertz CT molecular complexity index is 963. The molecule has 3 N–H and O–H groups in total. The number of anilines is 1. The number of nitrogens with zero attached hydrogens (tertiary/aromatic N) is 1. The normalized spacial score (nSPS) is 21.6. The molecule has 31 heavy (non-hydrogen) atoms. The van der Waals surface area contributed by atoms with Crippen LogP contribution in [0.3, 0.4) is 0 Å². The van der Waals surface area contributed by atoms with Crippen LogP contribution in [0.25, 0.3) is 0 Å². The summed E-state index contributed by atoms with van der Waals surface area (Å²) < 4.78 is 43.6. The standard InChI is InChI=1S/C20H27F3N4O4/c1-2-3-11-27-15-14(16(29)25-18(27)31)19(17(30)24-15,20(21,22)23)26-13(28)10-9-12-7-5-4-6-8-12/h12H,2-11H2,1H3,(H,24,30)(H,26,28)(H,25,29,31)/t19-/m1/s1. The van der Waals surface area contributed by atoms with E-state index in [2.05, 4.69) is 0 Å². The zero-order chi connectivity index (χ0) is 22.8. The number of H-pyrrole nitrogens is 1. The summed E-state index contributed by atoms with van der Waals surface area (Å²) in [6.45, 7) is 1.83. The Morgan fingerprint density at radius 3 is 2.48 bits per heavy atom. The molecule has 1 aliphatic carbocycles. The second kappa shape index (κ2) is 8.88. The van der Waals surface area contributed by atoms with Crippen molar-refractivity contribution in [3.63, 3.8) is 0 Å². The summed E-state index contributed by atoms with van der Waals surface area (Å²) in [5.41, 5.74) is -6.80. The van der Waals surface area contributed by atoms with Gasteiger partial charge in [-0.3, -0.25) is 23.9 Å². The van der Waals surface area contributed by atoms with Gasteiger partial charge in [0.15, 0.2) is 0 Å². The number of aromatic nitrogens is 2. The van der Waals surface area contributed by atoms with E-state index in [1.54, 1.807) is 0 Å². The lowest BCUT2D eigenvalue weighted by Gasteiger charge is -2.30. The lowest BCUT2D eigenvalue weighted by Crippen LogP contribution is -2.62. The van der Waals surface area contributed by atoms with Crippen LogP contribution in [0.15, 0.2) is 9.59 Å². The second-order valence-electron chi connectivity index (χ2n) is 8.28. The molecule has 0 unspecified atom stereocenters. The van der Waals surface area contributed by atoms with Crippen LogP contribution in [-0.2, 0) is 21.7 Å². The topological polar surface area (TPSA) is 113 Å². The highest BCUT2D eigenvalue weighted by atomic mass is 19.4. The molecule has 3 rings (SSSR count). The fourth-order valence-electron chi connectivity index (χ4n) is 4.44. The second-order valence-corrected chi connectivity index (χ2v) is 8.28. The average molecular weight is 444 g/mol. The van der Waals surface area contributed by atoms with Gasteiger partial charge in [0.1, 0.15) is 11.4 Å². The molecule has 0 spiro atoms. The maximum absolute atomic E-state index is 14.2. The quantitative estimate of drug-likeness (QED) is 0.600. The number of unbranched alkanes of at least 4 members (excludes halogenated alkanes) is 1. The van der Waals surface area contributed by atoms with Gasteiger partial charge in [-0.2, -0.15) is 13.2 Å². The van der Waals surface area contributed by atoms with Gasteiger partial charge in [-0.05, 0) is 18.8 Å². The van der Waals surface area contributed by atoms with E-state index in [0.717, 1.165) is 36.7 Å². The molecule has 2 heterocycles. The molecular formula is C20H27F3N4O4. The summed E-state index contributed by atoms with van der Waals surface area (Å²) in [6, 6.07) is 0. The Labute approximate surface area is 176 Å². The summed E-state index contributed by atoms with van der Waals surface area (Å²) in [5, 5.41) is 3.84. The number of nitrogens with one attached hydrogen (secondary N) is 3. The molecule has 11 heteroatoms. The third-order valence-corrected chi connectivity index (χ3v) is 6.14. The Hall–Kier alpha value is -2.59. The third kappa shape index (κ3) is 4.27. The van der Waals surface area contributed by atoms with Gasteiger partial charge < -0.3 is 10.6 Å². The zero-order valence-corrected chi connectivity index (χ0v) is 17.4. The molecule has 2 amide bonds. The van der Waals surface area contributed by atoms with Gasteiger partial charge in [0.05, 0.1) is 0 Å². The maximum atomic E-state index is 14.2. The number of hydrogen-bond acceptors (Lipinski definition) is 4. The van der Waals surface area contributed by atoms with Crippen LogP contribution in [0.1, 0.15) is 70.3 Å². The minimum Gasteiger partial charge on any atom is -0.330 e. The summed E-state index contributed by atoms with van der Waals surface area (Å²) in [4.78, 5) is 51.6. The van der Waals surface area contributed by atoms with Crippen LogP contribution < -0.4 is 21.9 Å². The number of aromatic amines is 1. The van der Waals surface area contributed by atoms with E-state index >= 15 is 0 Å². The molecule has 1 saturated carbocycles. The molecule has 1 aliphatic heterocycles. The highest BCUT2D eigenvalue weighted by Crippen LogP contribution is 2.45. The Morgan fingerprint density at radius 1 is 1.19 bits per heavy atom. The number of amides is 2. The van der Waals surface area contributed by atoms with Crippen LogP contribution in [0, 0.1) is 5.92 Å². The van der Waals surface area contributed by atoms with Gasteiger partial charge in [0, 0.05) is 13.0 Å². The van der Waals surface area contributed by atoms with Crippen molar-refractivity contribution in [1.82, 2.24) is 14.9 Å². The van der Waals surface area contributed by atoms with Crippen molar-refractivity contribution in [2.24, 2.45) is 5.92 Å². The molecule has 0 bridgehead atoms. The molecular weight excluding hydrogens is 417 g/mol. The van der Waals surface area contributed by atoms with E-state index in [4.69, 9.17) is 0 Å². The van der Waals surface area contributed by atoms with Gasteiger partial charge in [-0.15, -0.1) is 0 Å². The molecule has 172 valence electrons. The molecule has 1 aromatic heterocycles. The maximum Gasteiger partial charge on any atom is 0.425 e. The summed E-state index contributed by atoms with van der Waals surface area (Å²) in [6.07, 6.45) is 1.03. The molecule has 2 aliphatic rings. The highest BCUT2D eigenvalue weighted by Gasteiger charge is 2.68. The van der Waals surface area contributed by atoms with Crippen LogP contribution in [-0.4, -0.2) is 27.5 Å². The van der Waals surface area contributed by atoms with E-state index in [1.165, 1.54) is 0 Å². The van der Waals surface area contributed by atoms with Crippen molar-refractivity contribution in [3.05, 3.63) is 26.4 Å². The van der Waals surface area contributed by atoms with Crippen LogP contribution in [0.4, 0.5) is 19.0 Å². The molecule has 1 atom stereocenters. The van der Waals surface area contributed by atoms with E-state index in [1.807, 2.05) is 22.5 Å². The molecule has 0 radical (unpaired) electrons. The summed E-state index contributed by atoms with van der Waals surface area (Å²) in [5.74, 6) is -2.82. The number of alkyl halides is 3. The first kappa shape index (κ1) is 23.1. The van der Waals surface area contributed by atoms with Crippen molar-refractivity contribution >= 4 is 17.6 Å². The predicted molar refractivity (Wildman–Crippen MR) is 107 cm³/mol. The first-order valence-corrected chi connectivity index (χ1v) is 10.7. The number of carbonyl (C=O) groups excluding carboxylic acids is 2. The Morgan fingerprint density at radius 2 is 1.87 bits per heavy atom. The van der Waals surface area contributed by atoms with Gasteiger partial charge in [-0.25, -0.2) is 4.79 Å². The number of fused-ring (bicyclic) bond motifs is 1. The monoisotopic (exact) mass is 444 g/mol. The average Bonchev–Trinajstić information content (AvgIpc) is 3.00. The van der Waals surface area contributed by atoms with Crippen LogP contribution >= 0.6 is 0 Å². The minimum atomic E-state index is -5.29. The predicted octanol–water partition coefficient (Wildman–Crippen LogP) is 2.52. The molecule has 1 fully saturated rings. The largest absolute Gasteiger partial charge is 0.425 e. The molecule has 0 saturated heterocycles. The highest BCUT2D eigenvalue weighted by molar-refractivity contribution is 6.07. The van der Waals surface area contributed by atoms with Gasteiger partial charge in [0.2, 0.25) is 11.4 Å². The first-order valence-electron chi connectivity index (χ1n) is 10.7. The number of rotatable bonds is 7. The fraction of sp³-hybridized carbons (Fsp3) is 0.700.